The van der Waals surface area contributed by atoms with Crippen molar-refractivity contribution >= 4 is 5.91 Å². The maximum atomic E-state index is 11.6. The first-order chi connectivity index (χ1) is 8.40. The van der Waals surface area contributed by atoms with Gasteiger partial charge >= 0.3 is 0 Å². The number of aromatic nitrogens is 2. The molecule has 0 aliphatic heterocycles. The molecule has 5 heteroatoms. The molecule has 1 aromatic rings. The van der Waals surface area contributed by atoms with Gasteiger partial charge in [0.2, 0.25) is 0 Å². The van der Waals surface area contributed by atoms with E-state index in [4.69, 9.17) is 4.74 Å². The summed E-state index contributed by atoms with van der Waals surface area (Å²) in [6.07, 6.45) is 3.42. The maximum Gasteiger partial charge on any atom is 0.258 e. The molecule has 1 unspecified atom stereocenters. The van der Waals surface area contributed by atoms with E-state index >= 15 is 0 Å². The Morgan fingerprint density at radius 3 is 2.56 bits per heavy atom. The van der Waals surface area contributed by atoms with Crippen LogP contribution in [0.5, 0.6) is 5.75 Å². The Morgan fingerprint density at radius 2 is 2.06 bits per heavy atom. The Kier molecular flexibility index (Phi) is 5.19. The average molecular weight is 253 g/mol. The summed E-state index contributed by atoms with van der Waals surface area (Å²) in [6, 6.07) is 0.441. The molecule has 0 bridgehead atoms. The molecule has 0 saturated carbocycles. The quantitative estimate of drug-likeness (QED) is 0.843. The number of amides is 1. The molecule has 0 fully saturated rings. The Bertz CT molecular complexity index is 385. The number of ether oxygens (including phenoxy) is 1. The van der Waals surface area contributed by atoms with Crippen LogP contribution in [-0.2, 0) is 4.79 Å². The molecule has 1 aromatic heterocycles. The summed E-state index contributed by atoms with van der Waals surface area (Å²) in [6.45, 7) is 10.2. The third-order valence-electron chi connectivity index (χ3n) is 2.87. The smallest absolute Gasteiger partial charge is 0.258 e. The summed E-state index contributed by atoms with van der Waals surface area (Å²) in [7, 11) is 0. The van der Waals surface area contributed by atoms with Crippen LogP contribution in [0.25, 0.3) is 0 Å². The van der Waals surface area contributed by atoms with E-state index in [2.05, 4.69) is 24.3 Å². The van der Waals surface area contributed by atoms with Gasteiger partial charge in [0.05, 0.1) is 12.4 Å². The van der Waals surface area contributed by atoms with E-state index in [1.165, 1.54) is 0 Å². The highest BCUT2D eigenvalue weighted by Crippen LogP contribution is 2.12. The molecule has 0 aliphatic rings. The Hall–Kier alpha value is -1.52. The molecule has 5 nitrogen and oxygen atoms in total. The molecule has 18 heavy (non-hydrogen) atoms. The van der Waals surface area contributed by atoms with Gasteiger partial charge in [-0.05, 0) is 26.7 Å². The van der Waals surface area contributed by atoms with E-state index in [9.17, 15) is 4.79 Å². The Labute approximate surface area is 109 Å². The SMILES string of the molecule is CC(C)C(C)NC(=O)COc1cnn(C(C)C)c1. The average Bonchev–Trinajstić information content (AvgIpc) is 2.74. The highest BCUT2D eigenvalue weighted by molar-refractivity contribution is 5.77. The van der Waals surface area contributed by atoms with Gasteiger partial charge in [-0.1, -0.05) is 13.8 Å². The summed E-state index contributed by atoms with van der Waals surface area (Å²) < 4.78 is 7.18. The fourth-order valence-electron chi connectivity index (χ4n) is 1.29. The number of hydrogen-bond acceptors (Lipinski definition) is 3. The van der Waals surface area contributed by atoms with Gasteiger partial charge in [0.1, 0.15) is 0 Å². The minimum absolute atomic E-state index is 0.0286. The zero-order valence-corrected chi connectivity index (χ0v) is 11.8. The van der Waals surface area contributed by atoms with Crippen molar-refractivity contribution in [1.29, 1.82) is 0 Å². The van der Waals surface area contributed by atoms with E-state index < -0.39 is 0 Å². The Balaban J connectivity index is 2.38. The standard InChI is InChI=1S/C13H23N3O2/c1-9(2)11(5)15-13(17)8-18-12-6-14-16(7-12)10(3)4/h6-7,9-11H,8H2,1-5H3,(H,15,17). The maximum absolute atomic E-state index is 11.6. The minimum atomic E-state index is -0.103. The van der Waals surface area contributed by atoms with Crippen LogP contribution in [0.4, 0.5) is 0 Å². The van der Waals surface area contributed by atoms with Crippen molar-refractivity contribution in [2.45, 2.75) is 46.7 Å². The van der Waals surface area contributed by atoms with Crippen LogP contribution < -0.4 is 10.1 Å². The van der Waals surface area contributed by atoms with Gasteiger partial charge in [-0.3, -0.25) is 9.48 Å². The lowest BCUT2D eigenvalue weighted by Gasteiger charge is -2.17. The topological polar surface area (TPSA) is 56.1 Å². The molecule has 1 atom stereocenters. The predicted octanol–water partition coefficient (Wildman–Crippen LogP) is 2.00. The highest BCUT2D eigenvalue weighted by atomic mass is 16.5. The highest BCUT2D eigenvalue weighted by Gasteiger charge is 2.11. The number of nitrogens with zero attached hydrogens (tertiary/aromatic N) is 2. The van der Waals surface area contributed by atoms with Crippen LogP contribution in [0, 0.1) is 5.92 Å². The summed E-state index contributed by atoms with van der Waals surface area (Å²) in [5, 5.41) is 7.03. The first-order valence-electron chi connectivity index (χ1n) is 6.36. The van der Waals surface area contributed by atoms with Crippen LogP contribution in [0.1, 0.15) is 40.7 Å². The number of carbonyl (C=O) groups excluding carboxylic acids is 1. The molecular weight excluding hydrogens is 230 g/mol. The van der Waals surface area contributed by atoms with E-state index in [1.807, 2.05) is 20.8 Å². The zero-order chi connectivity index (χ0) is 13.7. The molecule has 102 valence electrons. The van der Waals surface area contributed by atoms with Crippen molar-refractivity contribution in [1.82, 2.24) is 15.1 Å². The molecule has 0 aromatic carbocycles. The minimum Gasteiger partial charge on any atom is -0.480 e. The summed E-state index contributed by atoms with van der Waals surface area (Å²) in [4.78, 5) is 11.6. The third kappa shape index (κ3) is 4.39. The van der Waals surface area contributed by atoms with Crippen LogP contribution in [0.3, 0.4) is 0 Å². The monoisotopic (exact) mass is 253 g/mol. The first-order valence-corrected chi connectivity index (χ1v) is 6.36. The molecular formula is C13H23N3O2. The molecule has 1 rings (SSSR count). The van der Waals surface area contributed by atoms with Gasteiger partial charge in [0, 0.05) is 12.1 Å². The molecule has 0 saturated heterocycles. The molecule has 0 aliphatic carbocycles. The Morgan fingerprint density at radius 1 is 1.39 bits per heavy atom. The van der Waals surface area contributed by atoms with Gasteiger partial charge < -0.3 is 10.1 Å². The lowest BCUT2D eigenvalue weighted by atomic mass is 10.1. The second-order valence-electron chi connectivity index (χ2n) is 5.14. The van der Waals surface area contributed by atoms with E-state index in [1.54, 1.807) is 17.1 Å². The molecule has 1 N–H and O–H groups in total. The lowest BCUT2D eigenvalue weighted by molar-refractivity contribution is -0.124. The lowest BCUT2D eigenvalue weighted by Crippen LogP contribution is -2.38. The van der Waals surface area contributed by atoms with Crippen molar-refractivity contribution in [2.75, 3.05) is 6.61 Å². The summed E-state index contributed by atoms with van der Waals surface area (Å²) >= 11 is 0. The first kappa shape index (κ1) is 14.5. The number of carbonyl (C=O) groups is 1. The van der Waals surface area contributed by atoms with Gasteiger partial charge in [0.25, 0.3) is 5.91 Å². The van der Waals surface area contributed by atoms with Crippen molar-refractivity contribution in [3.05, 3.63) is 12.4 Å². The molecule has 0 radical (unpaired) electrons. The summed E-state index contributed by atoms with van der Waals surface area (Å²) in [5.74, 6) is 0.933. The second-order valence-corrected chi connectivity index (χ2v) is 5.14. The number of hydrogen-bond donors (Lipinski definition) is 1. The summed E-state index contributed by atoms with van der Waals surface area (Å²) in [5.41, 5.74) is 0. The van der Waals surface area contributed by atoms with Gasteiger partial charge in [-0.15, -0.1) is 0 Å². The van der Waals surface area contributed by atoms with E-state index in [-0.39, 0.29) is 24.6 Å². The second kappa shape index (κ2) is 6.42. The van der Waals surface area contributed by atoms with Crippen molar-refractivity contribution in [2.24, 2.45) is 5.92 Å². The molecule has 1 amide bonds. The third-order valence-corrected chi connectivity index (χ3v) is 2.87. The van der Waals surface area contributed by atoms with Crippen LogP contribution in [0.15, 0.2) is 12.4 Å². The van der Waals surface area contributed by atoms with Gasteiger partial charge in [-0.2, -0.15) is 5.10 Å². The van der Waals surface area contributed by atoms with Crippen molar-refractivity contribution in [3.8, 4) is 5.75 Å². The number of nitrogens with one attached hydrogen (secondary N) is 1. The zero-order valence-electron chi connectivity index (χ0n) is 11.8. The fourth-order valence-corrected chi connectivity index (χ4v) is 1.29. The van der Waals surface area contributed by atoms with Crippen LogP contribution in [0.2, 0.25) is 0 Å². The normalized spacial score (nSPS) is 12.8. The van der Waals surface area contributed by atoms with Crippen LogP contribution >= 0.6 is 0 Å². The van der Waals surface area contributed by atoms with Gasteiger partial charge in [-0.25, -0.2) is 0 Å². The van der Waals surface area contributed by atoms with Crippen molar-refractivity contribution in [3.63, 3.8) is 0 Å². The van der Waals surface area contributed by atoms with E-state index in [0.717, 1.165) is 0 Å². The predicted molar refractivity (Wildman–Crippen MR) is 70.5 cm³/mol. The largest absolute Gasteiger partial charge is 0.480 e. The fraction of sp³-hybridized carbons (Fsp3) is 0.692. The molecule has 0 spiro atoms. The van der Waals surface area contributed by atoms with E-state index in [0.29, 0.717) is 11.7 Å². The number of rotatable bonds is 6. The van der Waals surface area contributed by atoms with Crippen LogP contribution in [-0.4, -0.2) is 28.3 Å². The van der Waals surface area contributed by atoms with Crippen molar-refractivity contribution < 1.29 is 9.53 Å². The molecule has 1 heterocycles. The van der Waals surface area contributed by atoms with Gasteiger partial charge in [0.15, 0.2) is 12.4 Å².